The number of hydrogen-bond acceptors (Lipinski definition) is 2. The summed E-state index contributed by atoms with van der Waals surface area (Å²) in [5.41, 5.74) is 2.32. The van der Waals surface area contributed by atoms with Gasteiger partial charge in [-0.1, -0.05) is 36.8 Å². The van der Waals surface area contributed by atoms with Crippen molar-refractivity contribution in [2.75, 3.05) is 13.1 Å². The molecule has 1 aliphatic heterocycles. The van der Waals surface area contributed by atoms with Gasteiger partial charge in [-0.2, -0.15) is 0 Å². The molecule has 0 bridgehead atoms. The summed E-state index contributed by atoms with van der Waals surface area (Å²) in [7, 11) is 0. The highest BCUT2D eigenvalue weighted by molar-refractivity contribution is 5.94. The molecule has 1 N–H and O–H groups in total. The fraction of sp³-hybridized carbons (Fsp3) is 0.350. The quantitative estimate of drug-likeness (QED) is 0.908. The maximum absolute atomic E-state index is 13.6. The Morgan fingerprint density at radius 1 is 1.00 bits per heavy atom. The Hall–Kier alpha value is -2.20. The minimum Gasteiger partial charge on any atom is -0.348 e. The van der Waals surface area contributed by atoms with E-state index in [0.717, 1.165) is 19.6 Å². The van der Waals surface area contributed by atoms with Crippen LogP contribution >= 0.6 is 0 Å². The first-order valence-electron chi connectivity index (χ1n) is 8.55. The van der Waals surface area contributed by atoms with Gasteiger partial charge < -0.3 is 5.32 Å². The summed E-state index contributed by atoms with van der Waals surface area (Å²) in [4.78, 5) is 14.6. The van der Waals surface area contributed by atoms with E-state index in [1.807, 2.05) is 24.3 Å². The van der Waals surface area contributed by atoms with E-state index in [-0.39, 0.29) is 18.3 Å². The van der Waals surface area contributed by atoms with Gasteiger partial charge in [0.1, 0.15) is 5.82 Å². The molecule has 1 aliphatic rings. The monoisotopic (exact) mass is 326 g/mol. The molecule has 0 saturated carbocycles. The second-order valence-electron chi connectivity index (χ2n) is 6.31. The first-order chi connectivity index (χ1) is 11.7. The van der Waals surface area contributed by atoms with E-state index in [9.17, 15) is 9.18 Å². The normalized spacial score (nSPS) is 15.2. The summed E-state index contributed by atoms with van der Waals surface area (Å²) in [6.45, 7) is 3.45. The van der Waals surface area contributed by atoms with Crippen molar-refractivity contribution in [1.82, 2.24) is 10.2 Å². The number of carbonyl (C=O) groups excluding carboxylic acids is 1. The molecule has 1 fully saturated rings. The maximum atomic E-state index is 13.6. The van der Waals surface area contributed by atoms with E-state index in [1.165, 1.54) is 30.9 Å². The highest BCUT2D eigenvalue weighted by atomic mass is 19.1. The zero-order chi connectivity index (χ0) is 16.8. The molecule has 0 atom stereocenters. The number of nitrogens with zero attached hydrogens (tertiary/aromatic N) is 1. The van der Waals surface area contributed by atoms with E-state index >= 15 is 0 Å². The Kier molecular flexibility index (Phi) is 5.59. The zero-order valence-electron chi connectivity index (χ0n) is 13.8. The number of benzene rings is 2. The highest BCUT2D eigenvalue weighted by Crippen LogP contribution is 2.14. The molecule has 4 heteroatoms. The smallest absolute Gasteiger partial charge is 0.251 e. The summed E-state index contributed by atoms with van der Waals surface area (Å²) in [6, 6.07) is 14.2. The lowest BCUT2D eigenvalue weighted by Gasteiger charge is -2.26. The average molecular weight is 326 g/mol. The van der Waals surface area contributed by atoms with Crippen LogP contribution in [0.4, 0.5) is 4.39 Å². The van der Waals surface area contributed by atoms with Gasteiger partial charge in [0.15, 0.2) is 0 Å². The summed E-state index contributed by atoms with van der Waals surface area (Å²) < 4.78 is 13.6. The summed E-state index contributed by atoms with van der Waals surface area (Å²) >= 11 is 0. The number of rotatable bonds is 5. The van der Waals surface area contributed by atoms with Crippen LogP contribution in [0.1, 0.15) is 40.7 Å². The number of amides is 1. The lowest BCUT2D eigenvalue weighted by atomic mass is 10.1. The minimum absolute atomic E-state index is 0.178. The Morgan fingerprint density at radius 3 is 2.42 bits per heavy atom. The zero-order valence-corrected chi connectivity index (χ0v) is 13.8. The van der Waals surface area contributed by atoms with Crippen molar-refractivity contribution in [3.8, 4) is 0 Å². The van der Waals surface area contributed by atoms with Crippen molar-refractivity contribution in [2.24, 2.45) is 0 Å². The van der Waals surface area contributed by atoms with E-state index in [1.54, 1.807) is 18.2 Å². The molecule has 2 aromatic carbocycles. The minimum atomic E-state index is -0.297. The van der Waals surface area contributed by atoms with Gasteiger partial charge in [-0.15, -0.1) is 0 Å². The van der Waals surface area contributed by atoms with Crippen molar-refractivity contribution in [3.63, 3.8) is 0 Å². The number of carbonyl (C=O) groups is 1. The standard InChI is InChI=1S/C20H23FN2O/c21-19-7-3-2-6-18(19)14-22-20(24)17-10-8-16(9-11-17)15-23-12-4-1-5-13-23/h2-3,6-11H,1,4-5,12-15H2,(H,22,24). The lowest BCUT2D eigenvalue weighted by Crippen LogP contribution is -2.29. The molecule has 0 aliphatic carbocycles. The third kappa shape index (κ3) is 4.42. The number of hydrogen-bond donors (Lipinski definition) is 1. The molecule has 2 aromatic rings. The van der Waals surface area contributed by atoms with Crippen LogP contribution in [0.2, 0.25) is 0 Å². The third-order valence-corrected chi connectivity index (χ3v) is 4.47. The van der Waals surface area contributed by atoms with Crippen LogP contribution in [0, 0.1) is 5.82 Å². The van der Waals surface area contributed by atoms with Gasteiger partial charge in [0.25, 0.3) is 5.91 Å². The van der Waals surface area contributed by atoms with Gasteiger partial charge in [-0.3, -0.25) is 9.69 Å². The van der Waals surface area contributed by atoms with E-state index in [2.05, 4.69) is 10.2 Å². The maximum Gasteiger partial charge on any atom is 0.251 e. The first-order valence-corrected chi connectivity index (χ1v) is 8.55. The Bertz CT molecular complexity index is 678. The molecule has 0 radical (unpaired) electrons. The molecule has 0 aromatic heterocycles. The third-order valence-electron chi connectivity index (χ3n) is 4.47. The molecule has 1 amide bonds. The second-order valence-corrected chi connectivity index (χ2v) is 6.31. The topological polar surface area (TPSA) is 32.3 Å². The van der Waals surface area contributed by atoms with Crippen LogP contribution in [-0.4, -0.2) is 23.9 Å². The van der Waals surface area contributed by atoms with Crippen molar-refractivity contribution >= 4 is 5.91 Å². The molecule has 0 spiro atoms. The van der Waals surface area contributed by atoms with E-state index < -0.39 is 0 Å². The van der Waals surface area contributed by atoms with Crippen LogP contribution in [0.3, 0.4) is 0 Å². The SMILES string of the molecule is O=C(NCc1ccccc1F)c1ccc(CN2CCCCC2)cc1. The van der Waals surface area contributed by atoms with Gasteiger partial charge >= 0.3 is 0 Å². The van der Waals surface area contributed by atoms with E-state index in [0.29, 0.717) is 11.1 Å². The fourth-order valence-electron chi connectivity index (χ4n) is 3.06. The van der Waals surface area contributed by atoms with Crippen molar-refractivity contribution < 1.29 is 9.18 Å². The highest BCUT2D eigenvalue weighted by Gasteiger charge is 2.11. The van der Waals surface area contributed by atoms with Gasteiger partial charge in [0.05, 0.1) is 0 Å². The van der Waals surface area contributed by atoms with Crippen molar-refractivity contribution in [3.05, 3.63) is 71.0 Å². The summed E-state index contributed by atoms with van der Waals surface area (Å²) in [6.07, 6.45) is 3.88. The lowest BCUT2D eigenvalue weighted by molar-refractivity contribution is 0.0950. The Labute approximate surface area is 142 Å². The predicted molar refractivity (Wildman–Crippen MR) is 93.1 cm³/mol. The summed E-state index contributed by atoms with van der Waals surface area (Å²) in [5, 5.41) is 2.77. The largest absolute Gasteiger partial charge is 0.348 e. The van der Waals surface area contributed by atoms with Gasteiger partial charge in [0.2, 0.25) is 0 Å². The average Bonchev–Trinajstić information content (AvgIpc) is 2.62. The van der Waals surface area contributed by atoms with Crippen LogP contribution in [0.15, 0.2) is 48.5 Å². The first kappa shape index (κ1) is 16.7. The molecular formula is C20H23FN2O. The van der Waals surface area contributed by atoms with Crippen LogP contribution in [0.25, 0.3) is 0 Å². The Balaban J connectivity index is 1.54. The van der Waals surface area contributed by atoms with Gasteiger partial charge in [0, 0.05) is 24.2 Å². The molecule has 0 unspecified atom stereocenters. The number of nitrogens with one attached hydrogen (secondary N) is 1. The molecule has 3 nitrogen and oxygen atoms in total. The number of piperidine rings is 1. The molecule has 1 saturated heterocycles. The van der Waals surface area contributed by atoms with Crippen LogP contribution in [-0.2, 0) is 13.1 Å². The number of likely N-dealkylation sites (tertiary alicyclic amines) is 1. The van der Waals surface area contributed by atoms with Crippen LogP contribution in [0.5, 0.6) is 0 Å². The van der Waals surface area contributed by atoms with E-state index in [4.69, 9.17) is 0 Å². The van der Waals surface area contributed by atoms with Crippen molar-refractivity contribution in [2.45, 2.75) is 32.4 Å². The fourth-order valence-corrected chi connectivity index (χ4v) is 3.06. The van der Waals surface area contributed by atoms with Crippen molar-refractivity contribution in [1.29, 1.82) is 0 Å². The van der Waals surface area contributed by atoms with Gasteiger partial charge in [-0.25, -0.2) is 4.39 Å². The molecule has 1 heterocycles. The number of halogens is 1. The Morgan fingerprint density at radius 2 is 1.71 bits per heavy atom. The van der Waals surface area contributed by atoms with Gasteiger partial charge in [-0.05, 0) is 49.7 Å². The summed E-state index contributed by atoms with van der Waals surface area (Å²) in [5.74, 6) is -0.475. The van der Waals surface area contributed by atoms with Crippen LogP contribution < -0.4 is 5.32 Å². The predicted octanol–water partition coefficient (Wildman–Crippen LogP) is 3.74. The molecule has 24 heavy (non-hydrogen) atoms. The molecule has 126 valence electrons. The second kappa shape index (κ2) is 8.06. The molecular weight excluding hydrogens is 303 g/mol. The molecule has 3 rings (SSSR count).